The molecule has 17 nitrogen and oxygen atoms in total. The molecule has 19 heteroatoms. The molecule has 0 bridgehead atoms. The maximum absolute atomic E-state index is 13.1. The van der Waals surface area contributed by atoms with Crippen LogP contribution in [0.3, 0.4) is 0 Å². The van der Waals surface area contributed by atoms with E-state index in [1.54, 1.807) is 0 Å². The molecule has 0 aliphatic rings. The number of ether oxygens (including phenoxy) is 4. The van der Waals surface area contributed by atoms with Crippen molar-refractivity contribution in [2.75, 3.05) is 39.6 Å². The molecule has 0 saturated carbocycles. The van der Waals surface area contributed by atoms with Crippen LogP contribution in [0.2, 0.25) is 0 Å². The normalized spacial score (nSPS) is 13.9. The first-order chi connectivity index (χ1) is 48.4. The summed E-state index contributed by atoms with van der Waals surface area (Å²) in [5.41, 5.74) is 0. The number of esters is 4. The first kappa shape index (κ1) is 98.1. The lowest BCUT2D eigenvalue weighted by molar-refractivity contribution is -0.161. The summed E-state index contributed by atoms with van der Waals surface area (Å²) >= 11 is 0. The molecular formula is C81H158O17P2. The standard InChI is InChI=1S/C81H158O17P2/c1-7-9-11-13-15-17-19-21-23-24-25-26-27-28-29-31-33-40-47-53-59-65-80(85)97-76(69-91-78(83)63-57-51-45-39-32-30-22-20-18-16-14-12-10-8-2)71-95-99(87,88)93-67-75(82)68-94-100(89,90)96-72-77(70-92-79(84)64-58-52-46-42-36-38-44-50-56-62-74(5)6)98-81(86)66-60-54-48-41-35-34-37-43-49-55-61-73(3)4/h73-77,82H,7-72H2,1-6H3,(H,87,88)(H,89,90)/t75-,76-,77-/m1/s1. The first-order valence-corrected chi connectivity index (χ1v) is 45.0. The van der Waals surface area contributed by atoms with Crippen LogP contribution in [-0.4, -0.2) is 96.7 Å². The number of carbonyl (C=O) groups is 4. The van der Waals surface area contributed by atoms with Gasteiger partial charge in [0.05, 0.1) is 26.4 Å². The predicted octanol–water partition coefficient (Wildman–Crippen LogP) is 24.3. The smallest absolute Gasteiger partial charge is 0.462 e. The van der Waals surface area contributed by atoms with Crippen LogP contribution in [0.4, 0.5) is 0 Å². The van der Waals surface area contributed by atoms with Gasteiger partial charge < -0.3 is 33.8 Å². The molecule has 0 spiro atoms. The Bertz CT molecular complexity index is 1920. The Morgan fingerprint density at radius 1 is 0.270 bits per heavy atom. The van der Waals surface area contributed by atoms with Crippen molar-refractivity contribution >= 4 is 39.5 Å². The van der Waals surface area contributed by atoms with Gasteiger partial charge in [-0.2, -0.15) is 0 Å². The van der Waals surface area contributed by atoms with E-state index in [1.165, 1.54) is 244 Å². The quantitative estimate of drug-likeness (QED) is 0.0222. The molecule has 3 N–H and O–H groups in total. The highest BCUT2D eigenvalue weighted by molar-refractivity contribution is 7.47. The lowest BCUT2D eigenvalue weighted by Crippen LogP contribution is -2.30. The number of phosphoric ester groups is 2. The monoisotopic (exact) mass is 1470 g/mol. The summed E-state index contributed by atoms with van der Waals surface area (Å²) in [4.78, 5) is 73.0. The minimum Gasteiger partial charge on any atom is -0.462 e. The van der Waals surface area contributed by atoms with Gasteiger partial charge in [0, 0.05) is 25.7 Å². The van der Waals surface area contributed by atoms with Crippen LogP contribution < -0.4 is 0 Å². The second kappa shape index (κ2) is 72.6. The van der Waals surface area contributed by atoms with Gasteiger partial charge in [0.2, 0.25) is 0 Å². The van der Waals surface area contributed by atoms with Crippen molar-refractivity contribution in [1.82, 2.24) is 0 Å². The van der Waals surface area contributed by atoms with E-state index in [-0.39, 0.29) is 25.7 Å². The van der Waals surface area contributed by atoms with E-state index in [0.717, 1.165) is 102 Å². The number of phosphoric acid groups is 2. The third kappa shape index (κ3) is 74.3. The van der Waals surface area contributed by atoms with E-state index >= 15 is 0 Å². The Balaban J connectivity index is 5.23. The maximum atomic E-state index is 13.1. The van der Waals surface area contributed by atoms with Crippen molar-refractivity contribution in [3.63, 3.8) is 0 Å². The topological polar surface area (TPSA) is 237 Å². The molecule has 594 valence electrons. The van der Waals surface area contributed by atoms with Gasteiger partial charge in [0.25, 0.3) is 0 Å². The number of hydrogen-bond donors (Lipinski definition) is 3. The average molecular weight is 1470 g/mol. The van der Waals surface area contributed by atoms with Crippen molar-refractivity contribution in [2.24, 2.45) is 11.8 Å². The molecule has 0 aliphatic heterocycles. The van der Waals surface area contributed by atoms with Crippen LogP contribution in [0.1, 0.15) is 427 Å². The van der Waals surface area contributed by atoms with Crippen LogP contribution >= 0.6 is 15.6 Å². The van der Waals surface area contributed by atoms with Crippen LogP contribution in [-0.2, 0) is 65.4 Å². The van der Waals surface area contributed by atoms with Crippen LogP contribution in [0.15, 0.2) is 0 Å². The molecule has 0 aromatic heterocycles. The number of carbonyl (C=O) groups excluding carboxylic acids is 4. The Morgan fingerprint density at radius 3 is 0.680 bits per heavy atom. The van der Waals surface area contributed by atoms with Crippen molar-refractivity contribution in [3.8, 4) is 0 Å². The number of aliphatic hydroxyl groups excluding tert-OH is 1. The first-order valence-electron chi connectivity index (χ1n) is 42.0. The summed E-state index contributed by atoms with van der Waals surface area (Å²) in [5.74, 6) is -0.613. The molecule has 5 atom stereocenters. The third-order valence-corrected chi connectivity index (χ3v) is 20.9. The minimum absolute atomic E-state index is 0.106. The van der Waals surface area contributed by atoms with E-state index in [4.69, 9.17) is 37.0 Å². The Morgan fingerprint density at radius 2 is 0.460 bits per heavy atom. The molecule has 2 unspecified atom stereocenters. The molecule has 0 aromatic carbocycles. The Labute approximate surface area is 613 Å². The van der Waals surface area contributed by atoms with Crippen LogP contribution in [0.25, 0.3) is 0 Å². The molecule has 0 heterocycles. The molecule has 0 fully saturated rings. The van der Waals surface area contributed by atoms with Crippen molar-refractivity contribution < 1.29 is 80.2 Å². The highest BCUT2D eigenvalue weighted by atomic mass is 31.2. The number of aliphatic hydroxyl groups is 1. The molecule has 0 amide bonds. The second-order valence-corrected chi connectivity index (χ2v) is 33.0. The predicted molar refractivity (Wildman–Crippen MR) is 409 cm³/mol. The summed E-state index contributed by atoms with van der Waals surface area (Å²) in [7, 11) is -9.92. The van der Waals surface area contributed by atoms with Gasteiger partial charge in [-0.25, -0.2) is 9.13 Å². The molecule has 0 aliphatic carbocycles. The SMILES string of the molecule is CCCCCCCCCCCCCCCCCCCCCCCC(=O)O[C@H](COC(=O)CCCCCCCCCCCCCCCC)COP(=O)(O)OC[C@@H](O)COP(=O)(O)OC[C@@H](COC(=O)CCCCCCCCCCCC(C)C)OC(=O)CCCCCCCCCCCCC(C)C. The summed E-state index contributed by atoms with van der Waals surface area (Å²) in [5, 5.41) is 10.6. The molecular weight excluding hydrogens is 1310 g/mol. The molecule has 0 aromatic rings. The summed E-state index contributed by atoms with van der Waals surface area (Å²) in [6, 6.07) is 0. The molecule has 0 radical (unpaired) electrons. The van der Waals surface area contributed by atoms with Crippen molar-refractivity contribution in [2.45, 2.75) is 445 Å². The lowest BCUT2D eigenvalue weighted by atomic mass is 10.0. The fraction of sp³-hybridized carbons (Fsp3) is 0.951. The van der Waals surface area contributed by atoms with Crippen LogP contribution in [0, 0.1) is 11.8 Å². The number of unbranched alkanes of at least 4 members (excludes halogenated alkanes) is 50. The summed E-state index contributed by atoms with van der Waals surface area (Å²) < 4.78 is 68.7. The van der Waals surface area contributed by atoms with Gasteiger partial charge >= 0.3 is 39.5 Å². The maximum Gasteiger partial charge on any atom is 0.472 e. The van der Waals surface area contributed by atoms with E-state index in [2.05, 4.69) is 41.5 Å². The fourth-order valence-corrected chi connectivity index (χ4v) is 14.1. The summed E-state index contributed by atoms with van der Waals surface area (Å²) in [6.07, 6.45) is 62.5. The van der Waals surface area contributed by atoms with Gasteiger partial charge in [0.1, 0.15) is 19.3 Å². The van der Waals surface area contributed by atoms with Crippen molar-refractivity contribution in [3.05, 3.63) is 0 Å². The minimum atomic E-state index is -4.96. The van der Waals surface area contributed by atoms with Gasteiger partial charge in [-0.3, -0.25) is 37.3 Å². The second-order valence-electron chi connectivity index (χ2n) is 30.1. The number of hydrogen-bond acceptors (Lipinski definition) is 15. The zero-order valence-electron chi connectivity index (χ0n) is 65.5. The highest BCUT2D eigenvalue weighted by Crippen LogP contribution is 2.45. The Hall–Kier alpha value is -1.94. The van der Waals surface area contributed by atoms with E-state index < -0.39 is 97.5 Å². The highest BCUT2D eigenvalue weighted by Gasteiger charge is 2.30. The molecule has 0 saturated heterocycles. The number of rotatable bonds is 80. The van der Waals surface area contributed by atoms with E-state index in [0.29, 0.717) is 25.7 Å². The Kier molecular flexibility index (Phi) is 71.2. The van der Waals surface area contributed by atoms with Gasteiger partial charge in [-0.1, -0.05) is 375 Å². The van der Waals surface area contributed by atoms with E-state index in [1.807, 2.05) is 0 Å². The van der Waals surface area contributed by atoms with E-state index in [9.17, 15) is 43.2 Å². The van der Waals surface area contributed by atoms with Gasteiger partial charge in [-0.15, -0.1) is 0 Å². The third-order valence-electron chi connectivity index (χ3n) is 19.0. The average Bonchev–Trinajstić information content (AvgIpc) is 1.10. The fourth-order valence-electron chi connectivity index (χ4n) is 12.5. The zero-order chi connectivity index (χ0) is 73.5. The summed E-state index contributed by atoms with van der Waals surface area (Å²) in [6.45, 7) is 9.60. The molecule has 100 heavy (non-hydrogen) atoms. The zero-order valence-corrected chi connectivity index (χ0v) is 67.3. The van der Waals surface area contributed by atoms with Crippen LogP contribution in [0.5, 0.6) is 0 Å². The largest absolute Gasteiger partial charge is 0.472 e. The van der Waals surface area contributed by atoms with Crippen molar-refractivity contribution in [1.29, 1.82) is 0 Å². The van der Waals surface area contributed by atoms with Gasteiger partial charge in [-0.05, 0) is 37.5 Å². The van der Waals surface area contributed by atoms with Gasteiger partial charge in [0.15, 0.2) is 12.2 Å². The molecule has 0 rings (SSSR count). The lowest BCUT2D eigenvalue weighted by Gasteiger charge is -2.21.